The summed E-state index contributed by atoms with van der Waals surface area (Å²) in [5.74, 6) is -8.76. The molecule has 0 aliphatic heterocycles. The van der Waals surface area contributed by atoms with E-state index in [0.29, 0.717) is 12.8 Å². The van der Waals surface area contributed by atoms with Crippen LogP contribution in [0.15, 0.2) is 0 Å². The van der Waals surface area contributed by atoms with Crippen molar-refractivity contribution in [2.75, 3.05) is 0 Å². The van der Waals surface area contributed by atoms with E-state index in [9.17, 15) is 22.4 Å². The van der Waals surface area contributed by atoms with E-state index in [1.165, 1.54) is 0 Å². The second-order valence-corrected chi connectivity index (χ2v) is 5.09. The van der Waals surface area contributed by atoms with E-state index in [-0.39, 0.29) is 11.1 Å². The second kappa shape index (κ2) is 3.70. The molecule has 3 atom stereocenters. The molecule has 96 valence electrons. The third kappa shape index (κ3) is 1.25. The lowest BCUT2D eigenvalue weighted by atomic mass is 9.65. The van der Waals surface area contributed by atoms with Crippen LogP contribution in [0.2, 0.25) is 0 Å². The van der Waals surface area contributed by atoms with Crippen molar-refractivity contribution in [3.63, 3.8) is 0 Å². The molecule has 1 aromatic carbocycles. The van der Waals surface area contributed by atoms with Gasteiger partial charge in [-0.2, -0.15) is 0 Å². The van der Waals surface area contributed by atoms with Gasteiger partial charge in [0.2, 0.25) is 0 Å². The number of rotatable bonds is 0. The number of halogens is 5. The molecule has 0 spiro atoms. The molecule has 0 unspecified atom stereocenters. The highest BCUT2D eigenvalue weighted by Gasteiger charge is 2.49. The first kappa shape index (κ1) is 12.0. The summed E-state index contributed by atoms with van der Waals surface area (Å²) in [5.41, 5.74) is -0.605. The van der Waals surface area contributed by atoms with Gasteiger partial charge in [-0.1, -0.05) is 0 Å². The molecule has 0 aromatic heterocycles. The Morgan fingerprint density at radius 3 is 2.06 bits per heavy atom. The maximum absolute atomic E-state index is 13.7. The SMILES string of the molecule is O=C1[C@@H]2CC[C@@H](c3c(F)c(F)c(F)c(F)c32)[C@H]1Cl. The Bertz CT molecular complexity index is 572. The van der Waals surface area contributed by atoms with Crippen LogP contribution in [0, 0.1) is 23.3 Å². The average molecular weight is 279 g/mol. The van der Waals surface area contributed by atoms with Crippen LogP contribution in [0.4, 0.5) is 17.6 Å². The first-order chi connectivity index (χ1) is 8.45. The molecule has 1 fully saturated rings. The molecular weight excluding hydrogens is 272 g/mol. The standard InChI is InChI=1S/C12H7ClF4O/c13-7-3-1-2-4(12(7)18)6-5(3)8(14)10(16)11(17)9(6)15/h3-4,7H,1-2H2/t3-,4+,7+/m0/s1. The van der Waals surface area contributed by atoms with Gasteiger partial charge in [0, 0.05) is 23.0 Å². The fourth-order valence-corrected chi connectivity index (χ4v) is 3.38. The highest BCUT2D eigenvalue weighted by atomic mass is 35.5. The van der Waals surface area contributed by atoms with Crippen molar-refractivity contribution in [3.8, 4) is 0 Å². The maximum Gasteiger partial charge on any atom is 0.197 e. The van der Waals surface area contributed by atoms with Crippen LogP contribution >= 0.6 is 11.6 Å². The third-order valence-corrected chi connectivity index (χ3v) is 4.31. The zero-order chi connectivity index (χ0) is 13.2. The number of hydrogen-bond acceptors (Lipinski definition) is 1. The number of alkyl halides is 1. The van der Waals surface area contributed by atoms with Gasteiger partial charge in [0.15, 0.2) is 29.1 Å². The van der Waals surface area contributed by atoms with Crippen molar-refractivity contribution in [2.24, 2.45) is 0 Å². The fourth-order valence-electron chi connectivity index (χ4n) is 2.97. The van der Waals surface area contributed by atoms with Crippen LogP contribution in [0.1, 0.15) is 35.8 Å². The van der Waals surface area contributed by atoms with Crippen LogP contribution < -0.4 is 0 Å². The molecule has 0 radical (unpaired) electrons. The summed E-state index contributed by atoms with van der Waals surface area (Å²) in [5, 5.41) is -0.991. The molecule has 1 nitrogen and oxygen atoms in total. The first-order valence-electron chi connectivity index (χ1n) is 5.48. The Morgan fingerprint density at radius 2 is 1.44 bits per heavy atom. The molecule has 1 saturated carbocycles. The topological polar surface area (TPSA) is 17.1 Å². The number of Topliss-reactive ketones (excluding diaryl/α,β-unsaturated/α-hetero) is 1. The van der Waals surface area contributed by atoms with Crippen molar-refractivity contribution >= 4 is 17.4 Å². The van der Waals surface area contributed by atoms with Crippen LogP contribution in [-0.4, -0.2) is 11.2 Å². The highest BCUT2D eigenvalue weighted by molar-refractivity contribution is 6.33. The van der Waals surface area contributed by atoms with Crippen molar-refractivity contribution in [1.29, 1.82) is 0 Å². The molecular formula is C12H7ClF4O. The Hall–Kier alpha value is -1.10. The van der Waals surface area contributed by atoms with E-state index < -0.39 is 46.3 Å². The minimum Gasteiger partial charge on any atom is -0.297 e. The van der Waals surface area contributed by atoms with E-state index in [0.717, 1.165) is 0 Å². The van der Waals surface area contributed by atoms with E-state index in [2.05, 4.69) is 0 Å². The lowest BCUT2D eigenvalue weighted by molar-refractivity contribution is -0.122. The molecule has 2 bridgehead atoms. The summed E-state index contributed by atoms with van der Waals surface area (Å²) in [6.45, 7) is 0. The molecule has 3 aliphatic carbocycles. The minimum absolute atomic E-state index is 0.262. The van der Waals surface area contributed by atoms with Gasteiger partial charge in [-0.3, -0.25) is 4.79 Å². The van der Waals surface area contributed by atoms with Gasteiger partial charge in [-0.05, 0) is 12.8 Å². The Labute approximate surface area is 105 Å². The van der Waals surface area contributed by atoms with E-state index in [4.69, 9.17) is 11.6 Å². The predicted octanol–water partition coefficient (Wildman–Crippen LogP) is 3.39. The second-order valence-electron chi connectivity index (χ2n) is 4.62. The summed E-state index contributed by atoms with van der Waals surface area (Å²) in [6, 6.07) is 0. The Kier molecular flexibility index (Phi) is 2.46. The molecule has 0 amide bonds. The van der Waals surface area contributed by atoms with Crippen LogP contribution in [-0.2, 0) is 4.79 Å². The number of carbonyl (C=O) groups is 1. The highest BCUT2D eigenvalue weighted by Crippen LogP contribution is 2.51. The molecule has 0 N–H and O–H groups in total. The summed E-state index contributed by atoms with van der Waals surface area (Å²) in [6.07, 6.45) is 0.667. The maximum atomic E-state index is 13.7. The van der Waals surface area contributed by atoms with Gasteiger partial charge in [0.25, 0.3) is 0 Å². The quantitative estimate of drug-likeness (QED) is 0.308. The van der Waals surface area contributed by atoms with Crippen molar-refractivity contribution in [1.82, 2.24) is 0 Å². The summed E-state index contributed by atoms with van der Waals surface area (Å²) in [7, 11) is 0. The largest absolute Gasteiger partial charge is 0.297 e. The molecule has 18 heavy (non-hydrogen) atoms. The monoisotopic (exact) mass is 278 g/mol. The van der Waals surface area contributed by atoms with Crippen molar-refractivity contribution < 1.29 is 22.4 Å². The van der Waals surface area contributed by atoms with Gasteiger partial charge in [0.05, 0.1) is 5.38 Å². The number of fused-ring (bicyclic) bond motifs is 2. The summed E-state index contributed by atoms with van der Waals surface area (Å²) >= 11 is 5.85. The fraction of sp³-hybridized carbons (Fsp3) is 0.417. The van der Waals surface area contributed by atoms with E-state index in [1.54, 1.807) is 0 Å². The molecule has 1 aromatic rings. The molecule has 6 heteroatoms. The van der Waals surface area contributed by atoms with Gasteiger partial charge < -0.3 is 0 Å². The summed E-state index contributed by atoms with van der Waals surface area (Å²) < 4.78 is 53.8. The molecule has 0 heterocycles. The van der Waals surface area contributed by atoms with Crippen molar-refractivity contribution in [2.45, 2.75) is 30.1 Å². The van der Waals surface area contributed by atoms with Gasteiger partial charge in [0.1, 0.15) is 0 Å². The van der Waals surface area contributed by atoms with Crippen LogP contribution in [0.3, 0.4) is 0 Å². The van der Waals surface area contributed by atoms with Gasteiger partial charge >= 0.3 is 0 Å². The zero-order valence-corrected chi connectivity index (χ0v) is 9.70. The number of hydrogen-bond donors (Lipinski definition) is 0. The Morgan fingerprint density at radius 1 is 0.889 bits per heavy atom. The van der Waals surface area contributed by atoms with E-state index >= 15 is 0 Å². The van der Waals surface area contributed by atoms with Gasteiger partial charge in [-0.15, -0.1) is 11.6 Å². The predicted molar refractivity (Wildman–Crippen MR) is 55.6 cm³/mol. The van der Waals surface area contributed by atoms with Crippen LogP contribution in [0.25, 0.3) is 0 Å². The average Bonchev–Trinajstić information content (AvgIpc) is 2.38. The molecule has 4 rings (SSSR count). The number of benzene rings is 1. The number of ketones is 1. The lowest BCUT2D eigenvalue weighted by Crippen LogP contribution is -2.41. The minimum atomic E-state index is -1.86. The zero-order valence-electron chi connectivity index (χ0n) is 8.94. The van der Waals surface area contributed by atoms with Crippen molar-refractivity contribution in [3.05, 3.63) is 34.4 Å². The Balaban J connectivity index is 2.37. The molecule has 0 saturated heterocycles. The first-order valence-corrected chi connectivity index (χ1v) is 5.92. The third-order valence-electron chi connectivity index (χ3n) is 3.80. The smallest absolute Gasteiger partial charge is 0.197 e. The van der Waals surface area contributed by atoms with Gasteiger partial charge in [-0.25, -0.2) is 17.6 Å². The normalized spacial score (nSPS) is 29.6. The summed E-state index contributed by atoms with van der Waals surface area (Å²) in [4.78, 5) is 11.8. The number of carbonyl (C=O) groups excluding carboxylic acids is 1. The lowest BCUT2D eigenvalue weighted by Gasteiger charge is -2.40. The van der Waals surface area contributed by atoms with Crippen LogP contribution in [0.5, 0.6) is 0 Å². The van der Waals surface area contributed by atoms with E-state index in [1.807, 2.05) is 0 Å². The molecule has 3 aliphatic rings.